The second kappa shape index (κ2) is 6.88. The molecule has 1 atom stereocenters. The Morgan fingerprint density at radius 1 is 1.35 bits per heavy atom. The fourth-order valence-corrected chi connectivity index (χ4v) is 3.65. The van der Waals surface area contributed by atoms with E-state index in [0.717, 1.165) is 16.0 Å². The summed E-state index contributed by atoms with van der Waals surface area (Å²) in [6.45, 7) is 3.82. The molecular formula is C17H21NO4S. The van der Waals surface area contributed by atoms with E-state index in [2.05, 4.69) is 13.0 Å². The fourth-order valence-electron chi connectivity index (χ4n) is 2.80. The van der Waals surface area contributed by atoms with Crippen molar-refractivity contribution in [3.05, 3.63) is 34.7 Å². The molecule has 1 aliphatic heterocycles. The van der Waals surface area contributed by atoms with Crippen LogP contribution in [-0.2, 0) is 6.54 Å². The van der Waals surface area contributed by atoms with Crippen molar-refractivity contribution in [1.29, 1.82) is 0 Å². The van der Waals surface area contributed by atoms with E-state index in [1.807, 2.05) is 17.0 Å². The molecule has 3 N–H and O–H groups in total. The molecule has 1 aromatic heterocycles. The lowest BCUT2D eigenvalue weighted by Crippen LogP contribution is -2.35. The molecule has 0 spiro atoms. The van der Waals surface area contributed by atoms with Gasteiger partial charge in [-0.3, -0.25) is 4.90 Å². The lowest BCUT2D eigenvalue weighted by Gasteiger charge is -2.21. The van der Waals surface area contributed by atoms with Gasteiger partial charge in [-0.2, -0.15) is 0 Å². The van der Waals surface area contributed by atoms with Crippen LogP contribution in [0.3, 0.4) is 0 Å². The second-order valence-corrected chi connectivity index (χ2v) is 7.10. The number of rotatable bonds is 4. The minimum absolute atomic E-state index is 0.146. The smallest absolute Gasteiger partial charge is 0.165 e. The van der Waals surface area contributed by atoms with Gasteiger partial charge in [-0.15, -0.1) is 11.3 Å². The fraction of sp³-hybridized carbons (Fsp3) is 0.412. The highest BCUT2D eigenvalue weighted by molar-refractivity contribution is 7.15. The molecular weight excluding hydrogens is 314 g/mol. The van der Waals surface area contributed by atoms with Crippen LogP contribution in [0.15, 0.2) is 24.3 Å². The van der Waals surface area contributed by atoms with Crippen molar-refractivity contribution in [2.75, 3.05) is 26.3 Å². The topological polar surface area (TPSA) is 73.2 Å². The van der Waals surface area contributed by atoms with Crippen LogP contribution in [0, 0.1) is 6.92 Å². The molecule has 3 rings (SSSR count). The van der Waals surface area contributed by atoms with Gasteiger partial charge in [0.2, 0.25) is 0 Å². The number of nitrogens with zero attached hydrogens (tertiary/aromatic N) is 1. The number of thiophene rings is 1. The number of fused-ring (bicyclic) bond motifs is 1. The van der Waals surface area contributed by atoms with Crippen LogP contribution in [0.4, 0.5) is 0 Å². The van der Waals surface area contributed by atoms with Gasteiger partial charge in [0.15, 0.2) is 11.5 Å². The summed E-state index contributed by atoms with van der Waals surface area (Å²) in [5, 5.41) is 29.0. The van der Waals surface area contributed by atoms with Crippen molar-refractivity contribution >= 4 is 11.3 Å². The van der Waals surface area contributed by atoms with Crippen LogP contribution in [0.5, 0.6) is 11.5 Å². The Morgan fingerprint density at radius 2 is 2.17 bits per heavy atom. The van der Waals surface area contributed by atoms with E-state index in [1.165, 1.54) is 4.88 Å². The molecule has 2 aromatic rings. The molecule has 23 heavy (non-hydrogen) atoms. The number of aliphatic hydroxyl groups is 2. The predicted molar refractivity (Wildman–Crippen MR) is 90.0 cm³/mol. The van der Waals surface area contributed by atoms with Gasteiger partial charge in [-0.25, -0.2) is 0 Å². The van der Waals surface area contributed by atoms with Gasteiger partial charge in [-0.05, 0) is 36.8 Å². The third-order valence-corrected chi connectivity index (χ3v) is 4.95. The first-order chi connectivity index (χ1) is 11.1. The first-order valence-corrected chi connectivity index (χ1v) is 8.45. The average Bonchev–Trinajstić information content (AvgIpc) is 2.85. The Labute approximate surface area is 139 Å². The molecule has 0 fully saturated rings. The Morgan fingerprint density at radius 3 is 2.87 bits per heavy atom. The molecule has 5 nitrogen and oxygen atoms in total. The number of hydrogen-bond donors (Lipinski definition) is 3. The van der Waals surface area contributed by atoms with E-state index in [9.17, 15) is 10.2 Å². The van der Waals surface area contributed by atoms with Crippen molar-refractivity contribution in [3.63, 3.8) is 0 Å². The second-order valence-electron chi connectivity index (χ2n) is 5.81. The molecule has 0 saturated heterocycles. The van der Waals surface area contributed by atoms with Crippen molar-refractivity contribution in [1.82, 2.24) is 4.90 Å². The highest BCUT2D eigenvalue weighted by atomic mass is 32.1. The number of β-amino-alcohol motifs (C(OH)–C–C–N with tert-alkyl or cyclic N) is 1. The summed E-state index contributed by atoms with van der Waals surface area (Å²) in [6, 6.07) is 7.88. The Kier molecular flexibility index (Phi) is 4.87. The summed E-state index contributed by atoms with van der Waals surface area (Å²) in [5.41, 5.74) is 1.86. The zero-order valence-electron chi connectivity index (χ0n) is 13.0. The molecule has 0 radical (unpaired) electrons. The monoisotopic (exact) mass is 335 g/mol. The number of aromatic hydroxyl groups is 1. The number of phenols is 1. The van der Waals surface area contributed by atoms with Gasteiger partial charge in [0.25, 0.3) is 0 Å². The van der Waals surface area contributed by atoms with Gasteiger partial charge < -0.3 is 20.1 Å². The first-order valence-electron chi connectivity index (χ1n) is 7.63. The number of benzene rings is 1. The normalized spacial score (nSPS) is 16.5. The average molecular weight is 335 g/mol. The van der Waals surface area contributed by atoms with Gasteiger partial charge in [0.05, 0.1) is 12.7 Å². The summed E-state index contributed by atoms with van der Waals surface area (Å²) in [6.07, 6.45) is -0.770. The maximum atomic E-state index is 10.3. The molecule has 0 saturated carbocycles. The van der Waals surface area contributed by atoms with E-state index in [4.69, 9.17) is 9.84 Å². The van der Waals surface area contributed by atoms with E-state index >= 15 is 0 Å². The molecule has 1 unspecified atom stereocenters. The highest BCUT2D eigenvalue weighted by Gasteiger charge is 2.21. The lowest BCUT2D eigenvalue weighted by atomic mass is 10.1. The molecule has 124 valence electrons. The molecule has 1 aliphatic rings. The summed E-state index contributed by atoms with van der Waals surface area (Å²) in [4.78, 5) is 4.35. The summed E-state index contributed by atoms with van der Waals surface area (Å²) in [7, 11) is 0. The van der Waals surface area contributed by atoms with Crippen LogP contribution in [0.25, 0.3) is 10.4 Å². The molecule has 0 bridgehead atoms. The molecule has 0 aliphatic carbocycles. The van der Waals surface area contributed by atoms with Crippen molar-refractivity contribution in [2.24, 2.45) is 0 Å². The minimum atomic E-state index is -0.770. The van der Waals surface area contributed by atoms with E-state index in [1.54, 1.807) is 17.4 Å². The number of phenolic OH excluding ortho intramolecular Hbond substituents is 1. The Bertz CT molecular complexity index is 685. The maximum Gasteiger partial charge on any atom is 0.165 e. The molecule has 0 amide bonds. The van der Waals surface area contributed by atoms with Crippen LogP contribution in [0.2, 0.25) is 0 Å². The summed E-state index contributed by atoms with van der Waals surface area (Å²) in [5.74, 6) is 0.663. The summed E-state index contributed by atoms with van der Waals surface area (Å²) >= 11 is 1.68. The first kappa shape index (κ1) is 16.3. The number of ether oxygens (including phenoxy) is 1. The van der Waals surface area contributed by atoms with Gasteiger partial charge in [-0.1, -0.05) is 0 Å². The highest BCUT2D eigenvalue weighted by Crippen LogP contribution is 2.39. The van der Waals surface area contributed by atoms with Gasteiger partial charge >= 0.3 is 0 Å². The van der Waals surface area contributed by atoms with Gasteiger partial charge in [0, 0.05) is 35.0 Å². The third kappa shape index (κ3) is 3.67. The largest absolute Gasteiger partial charge is 0.504 e. The minimum Gasteiger partial charge on any atom is -0.504 e. The zero-order chi connectivity index (χ0) is 16.4. The zero-order valence-corrected chi connectivity index (χ0v) is 13.8. The Balaban J connectivity index is 1.91. The summed E-state index contributed by atoms with van der Waals surface area (Å²) < 4.78 is 5.69. The van der Waals surface area contributed by atoms with Gasteiger partial charge in [0.1, 0.15) is 6.61 Å². The van der Waals surface area contributed by atoms with Crippen LogP contribution >= 0.6 is 11.3 Å². The predicted octanol–water partition coefficient (Wildman–Crippen LogP) is 1.98. The van der Waals surface area contributed by atoms with E-state index in [-0.39, 0.29) is 12.4 Å². The third-order valence-electron chi connectivity index (χ3n) is 3.90. The number of aryl methyl sites for hydroxylation is 1. The van der Waals surface area contributed by atoms with Crippen LogP contribution < -0.4 is 4.74 Å². The molecule has 1 aromatic carbocycles. The Hall–Kier alpha value is -1.60. The van der Waals surface area contributed by atoms with Crippen LogP contribution in [0.1, 0.15) is 10.4 Å². The van der Waals surface area contributed by atoms with Crippen molar-refractivity contribution in [3.8, 4) is 21.9 Å². The van der Waals surface area contributed by atoms with E-state index < -0.39 is 6.10 Å². The maximum absolute atomic E-state index is 10.3. The molecule has 2 heterocycles. The standard InChI is InChI=1S/C17H21NO4S/c1-11-2-3-16(23-11)12-6-13-8-18(9-14(20)10-19)4-5-22-17(13)15(21)7-12/h2-3,6-7,14,19-21H,4-5,8-10H2,1H3. The van der Waals surface area contributed by atoms with Crippen molar-refractivity contribution < 1.29 is 20.1 Å². The lowest BCUT2D eigenvalue weighted by molar-refractivity contribution is 0.0551. The SMILES string of the molecule is Cc1ccc(-c2cc(O)c3c(c2)CN(CC(O)CO)CCO3)s1. The van der Waals surface area contributed by atoms with Crippen molar-refractivity contribution in [2.45, 2.75) is 19.6 Å². The number of hydrogen-bond acceptors (Lipinski definition) is 6. The quantitative estimate of drug-likeness (QED) is 0.797. The molecule has 6 heteroatoms. The van der Waals surface area contributed by atoms with E-state index in [0.29, 0.717) is 32.0 Å². The van der Waals surface area contributed by atoms with Crippen LogP contribution in [-0.4, -0.2) is 52.6 Å². The number of aliphatic hydroxyl groups excluding tert-OH is 2.